The third-order valence-electron chi connectivity index (χ3n) is 6.91. The maximum atomic E-state index is 13.6. The predicted molar refractivity (Wildman–Crippen MR) is 118 cm³/mol. The smallest absolute Gasteiger partial charge is 0.254 e. The van der Waals surface area contributed by atoms with E-state index in [4.69, 9.17) is 0 Å². The number of benzene rings is 2. The molecule has 2 aliphatic rings. The lowest BCUT2D eigenvalue weighted by atomic mass is 9.69. The van der Waals surface area contributed by atoms with Crippen LogP contribution in [0.1, 0.15) is 35.2 Å². The van der Waals surface area contributed by atoms with Crippen molar-refractivity contribution in [3.63, 3.8) is 0 Å². The standard InChI is InChI=1S/C24H26N6O2/c1-25-23(32)24(14-16-6-4-3-5-7-16)15-19-12-13-20(24)30(19)22(31)18-10-8-17(9-11-18)21-26-28-29(2)27-21/h3-11,19-20H,12-15H2,1-2H3,(H,25,32)/t19-,20+,24+/m1/s1. The van der Waals surface area contributed by atoms with E-state index in [0.717, 1.165) is 24.0 Å². The Bertz CT molecular complexity index is 1140. The number of rotatable bonds is 5. The Hall–Kier alpha value is -3.55. The molecule has 2 aromatic carbocycles. The van der Waals surface area contributed by atoms with Gasteiger partial charge in [-0.25, -0.2) is 0 Å². The molecule has 2 aliphatic heterocycles. The van der Waals surface area contributed by atoms with E-state index in [1.54, 1.807) is 14.1 Å². The zero-order valence-electron chi connectivity index (χ0n) is 18.2. The number of hydrogen-bond donors (Lipinski definition) is 1. The number of carbonyl (C=O) groups is 2. The SMILES string of the molecule is CNC(=O)[C@@]1(Cc2ccccc2)C[C@H]2CC[C@@H]1N2C(=O)c1ccc(-c2nnn(C)n2)cc1. The summed E-state index contributed by atoms with van der Waals surface area (Å²) >= 11 is 0. The van der Waals surface area contributed by atoms with Crippen molar-refractivity contribution < 1.29 is 9.59 Å². The third-order valence-corrected chi connectivity index (χ3v) is 6.91. The van der Waals surface area contributed by atoms with Crippen molar-refractivity contribution in [1.29, 1.82) is 0 Å². The van der Waals surface area contributed by atoms with Crippen molar-refractivity contribution in [2.75, 3.05) is 7.05 Å². The van der Waals surface area contributed by atoms with Gasteiger partial charge in [0.05, 0.1) is 12.5 Å². The first-order valence-electron chi connectivity index (χ1n) is 10.9. The second kappa shape index (κ2) is 7.85. The molecule has 2 fully saturated rings. The van der Waals surface area contributed by atoms with E-state index in [1.165, 1.54) is 4.80 Å². The van der Waals surface area contributed by atoms with E-state index in [-0.39, 0.29) is 23.9 Å². The molecule has 8 heteroatoms. The molecule has 3 aromatic rings. The highest BCUT2D eigenvalue weighted by Gasteiger charge is 2.60. The predicted octanol–water partition coefficient (Wildman–Crippen LogP) is 2.23. The van der Waals surface area contributed by atoms with E-state index in [9.17, 15) is 9.59 Å². The lowest BCUT2D eigenvalue weighted by molar-refractivity contribution is -0.132. The average Bonchev–Trinajstić information content (AvgIpc) is 3.52. The number of fused-ring (bicyclic) bond motifs is 2. The minimum Gasteiger partial charge on any atom is -0.359 e. The number of aryl methyl sites for hydroxylation is 1. The number of carbonyl (C=O) groups excluding carboxylic acids is 2. The number of nitrogens with zero attached hydrogens (tertiary/aromatic N) is 5. The highest BCUT2D eigenvalue weighted by Crippen LogP contribution is 2.52. The molecule has 0 spiro atoms. The van der Waals surface area contributed by atoms with E-state index in [1.807, 2.05) is 47.4 Å². The second-order valence-corrected chi connectivity index (χ2v) is 8.74. The van der Waals surface area contributed by atoms with Crippen LogP contribution in [0.4, 0.5) is 0 Å². The van der Waals surface area contributed by atoms with Crippen molar-refractivity contribution in [2.24, 2.45) is 12.5 Å². The van der Waals surface area contributed by atoms with Crippen LogP contribution in [0.3, 0.4) is 0 Å². The lowest BCUT2D eigenvalue weighted by Gasteiger charge is -2.36. The minimum absolute atomic E-state index is 0.0185. The summed E-state index contributed by atoms with van der Waals surface area (Å²) in [6.45, 7) is 0. The Balaban J connectivity index is 1.43. The van der Waals surface area contributed by atoms with Gasteiger partial charge in [-0.2, -0.15) is 4.80 Å². The first kappa shape index (κ1) is 20.4. The van der Waals surface area contributed by atoms with Gasteiger partial charge in [0.15, 0.2) is 0 Å². The Morgan fingerprint density at radius 2 is 1.84 bits per heavy atom. The molecule has 0 radical (unpaired) electrons. The topological polar surface area (TPSA) is 93.0 Å². The zero-order valence-corrected chi connectivity index (χ0v) is 18.2. The summed E-state index contributed by atoms with van der Waals surface area (Å²) in [4.78, 5) is 30.1. The van der Waals surface area contributed by atoms with Crippen LogP contribution < -0.4 is 5.32 Å². The molecule has 0 unspecified atom stereocenters. The minimum atomic E-state index is -0.599. The highest BCUT2D eigenvalue weighted by atomic mass is 16.2. The van der Waals surface area contributed by atoms with Crippen molar-refractivity contribution in [1.82, 2.24) is 30.4 Å². The van der Waals surface area contributed by atoms with Gasteiger partial charge in [-0.3, -0.25) is 9.59 Å². The Kier molecular flexibility index (Phi) is 5.00. The van der Waals surface area contributed by atoms with Crippen LogP contribution in [-0.2, 0) is 18.3 Å². The molecule has 5 rings (SSSR count). The van der Waals surface area contributed by atoms with Crippen molar-refractivity contribution in [3.05, 3.63) is 65.7 Å². The van der Waals surface area contributed by atoms with Gasteiger partial charge in [0, 0.05) is 30.3 Å². The first-order valence-corrected chi connectivity index (χ1v) is 10.9. The Morgan fingerprint density at radius 3 is 2.50 bits per heavy atom. The molecule has 164 valence electrons. The molecule has 3 atom stereocenters. The van der Waals surface area contributed by atoms with Crippen LogP contribution >= 0.6 is 0 Å². The Morgan fingerprint density at radius 1 is 1.09 bits per heavy atom. The first-order chi connectivity index (χ1) is 15.5. The summed E-state index contributed by atoms with van der Waals surface area (Å²) in [7, 11) is 3.40. The van der Waals surface area contributed by atoms with Gasteiger partial charge in [0.25, 0.3) is 5.91 Å². The molecule has 8 nitrogen and oxygen atoms in total. The fourth-order valence-corrected chi connectivity index (χ4v) is 5.52. The monoisotopic (exact) mass is 430 g/mol. The van der Waals surface area contributed by atoms with Gasteiger partial charge in [-0.15, -0.1) is 10.2 Å². The number of tetrazole rings is 1. The summed E-state index contributed by atoms with van der Waals surface area (Å²) < 4.78 is 0. The zero-order chi connectivity index (χ0) is 22.3. The molecule has 3 heterocycles. The Labute approximate surface area is 186 Å². The molecule has 1 aromatic heterocycles. The van der Waals surface area contributed by atoms with E-state index in [0.29, 0.717) is 24.2 Å². The molecule has 2 saturated heterocycles. The molecular weight excluding hydrogens is 404 g/mol. The summed E-state index contributed by atoms with van der Waals surface area (Å²) in [6.07, 6.45) is 3.11. The van der Waals surface area contributed by atoms with Crippen LogP contribution in [-0.4, -0.2) is 56.1 Å². The van der Waals surface area contributed by atoms with Crippen LogP contribution in [0.5, 0.6) is 0 Å². The lowest BCUT2D eigenvalue weighted by Crippen LogP contribution is -2.50. The highest BCUT2D eigenvalue weighted by molar-refractivity contribution is 5.97. The van der Waals surface area contributed by atoms with Gasteiger partial charge in [0.2, 0.25) is 11.7 Å². The number of aromatic nitrogens is 4. The average molecular weight is 431 g/mol. The van der Waals surface area contributed by atoms with Gasteiger partial charge >= 0.3 is 0 Å². The molecule has 0 saturated carbocycles. The summed E-state index contributed by atoms with van der Waals surface area (Å²) in [5, 5.41) is 15.0. The largest absolute Gasteiger partial charge is 0.359 e. The molecule has 2 amide bonds. The fraction of sp³-hybridized carbons (Fsp3) is 0.375. The maximum absolute atomic E-state index is 13.6. The molecule has 1 N–H and O–H groups in total. The normalized spacial score (nSPS) is 24.0. The van der Waals surface area contributed by atoms with Crippen LogP contribution in [0.15, 0.2) is 54.6 Å². The van der Waals surface area contributed by atoms with E-state index < -0.39 is 5.41 Å². The van der Waals surface area contributed by atoms with Gasteiger partial charge < -0.3 is 10.2 Å². The quantitative estimate of drug-likeness (QED) is 0.670. The van der Waals surface area contributed by atoms with Crippen LogP contribution in [0.25, 0.3) is 11.4 Å². The summed E-state index contributed by atoms with van der Waals surface area (Å²) in [5.74, 6) is 0.527. The van der Waals surface area contributed by atoms with Crippen molar-refractivity contribution >= 4 is 11.8 Å². The number of nitrogens with one attached hydrogen (secondary N) is 1. The van der Waals surface area contributed by atoms with Crippen molar-refractivity contribution in [3.8, 4) is 11.4 Å². The third kappa shape index (κ3) is 3.26. The fourth-order valence-electron chi connectivity index (χ4n) is 5.52. The van der Waals surface area contributed by atoms with Crippen molar-refractivity contribution in [2.45, 2.75) is 37.8 Å². The van der Waals surface area contributed by atoms with E-state index >= 15 is 0 Å². The molecule has 0 aliphatic carbocycles. The number of hydrogen-bond acceptors (Lipinski definition) is 5. The van der Waals surface area contributed by atoms with Gasteiger partial charge in [0.1, 0.15) is 0 Å². The maximum Gasteiger partial charge on any atom is 0.254 e. The van der Waals surface area contributed by atoms with E-state index in [2.05, 4.69) is 32.9 Å². The van der Waals surface area contributed by atoms with Gasteiger partial charge in [-0.05, 0) is 48.6 Å². The summed E-state index contributed by atoms with van der Waals surface area (Å²) in [6, 6.07) is 17.4. The van der Waals surface area contributed by atoms with Crippen LogP contribution in [0.2, 0.25) is 0 Å². The second-order valence-electron chi connectivity index (χ2n) is 8.74. The number of amides is 2. The molecular formula is C24H26N6O2. The molecule has 32 heavy (non-hydrogen) atoms. The summed E-state index contributed by atoms with van der Waals surface area (Å²) in [5.41, 5.74) is 1.94. The molecule has 2 bridgehead atoms. The van der Waals surface area contributed by atoms with Gasteiger partial charge in [-0.1, -0.05) is 42.5 Å². The van der Waals surface area contributed by atoms with Crippen LogP contribution in [0, 0.1) is 5.41 Å².